The summed E-state index contributed by atoms with van der Waals surface area (Å²) in [4.78, 5) is 0. The first kappa shape index (κ1) is 16.2. The van der Waals surface area contributed by atoms with E-state index < -0.39 is 16.0 Å². The van der Waals surface area contributed by atoms with Crippen molar-refractivity contribution in [1.29, 1.82) is 0 Å². The molecule has 1 saturated heterocycles. The summed E-state index contributed by atoms with van der Waals surface area (Å²) in [5.41, 5.74) is 0. The van der Waals surface area contributed by atoms with Crippen molar-refractivity contribution in [2.24, 2.45) is 5.92 Å². The lowest BCUT2D eigenvalue weighted by Gasteiger charge is -2.33. The van der Waals surface area contributed by atoms with E-state index in [0.29, 0.717) is 19.7 Å². The molecule has 1 fully saturated rings. The molecule has 0 aromatic heterocycles. The van der Waals surface area contributed by atoms with Gasteiger partial charge in [0.25, 0.3) is 10.2 Å². The number of rotatable bonds is 5. The van der Waals surface area contributed by atoms with Gasteiger partial charge in [0.1, 0.15) is 0 Å². The molecule has 7 heteroatoms. The molecule has 1 aromatic rings. The molecule has 1 aliphatic rings. The molecule has 0 spiro atoms. The molecule has 1 heterocycles. The highest BCUT2D eigenvalue weighted by Crippen LogP contribution is 2.22. The summed E-state index contributed by atoms with van der Waals surface area (Å²) in [6.07, 6.45) is 1.67. The predicted molar refractivity (Wildman–Crippen MR) is 78.8 cm³/mol. The van der Waals surface area contributed by atoms with E-state index in [1.165, 1.54) is 28.8 Å². The SMILES string of the molecule is CN(C)S(=O)(=O)N1CCCC(COc2ccccc2F)C1. The van der Waals surface area contributed by atoms with Crippen LogP contribution in [0.3, 0.4) is 0 Å². The van der Waals surface area contributed by atoms with Gasteiger partial charge in [0.2, 0.25) is 0 Å². The number of benzene rings is 1. The molecule has 1 atom stereocenters. The lowest BCUT2D eigenvalue weighted by molar-refractivity contribution is 0.172. The zero-order chi connectivity index (χ0) is 15.5. The van der Waals surface area contributed by atoms with Crippen LogP contribution >= 0.6 is 0 Å². The molecule has 0 bridgehead atoms. The fourth-order valence-corrected chi connectivity index (χ4v) is 3.59. The normalized spacial score (nSPS) is 20.7. The third kappa shape index (κ3) is 3.93. The van der Waals surface area contributed by atoms with Crippen LogP contribution in [0.25, 0.3) is 0 Å². The van der Waals surface area contributed by atoms with E-state index in [1.54, 1.807) is 18.2 Å². The molecule has 0 amide bonds. The minimum atomic E-state index is -3.39. The second-order valence-corrected chi connectivity index (χ2v) is 7.54. The predicted octanol–water partition coefficient (Wildman–Crippen LogP) is 1.72. The van der Waals surface area contributed by atoms with Gasteiger partial charge in [-0.2, -0.15) is 17.0 Å². The van der Waals surface area contributed by atoms with Gasteiger partial charge in [0.05, 0.1) is 6.61 Å². The average molecular weight is 316 g/mol. The maximum atomic E-state index is 13.5. The van der Waals surface area contributed by atoms with Crippen molar-refractivity contribution in [2.75, 3.05) is 33.8 Å². The summed E-state index contributed by atoms with van der Waals surface area (Å²) in [5.74, 6) is -0.107. The van der Waals surface area contributed by atoms with Gasteiger partial charge in [-0.15, -0.1) is 0 Å². The van der Waals surface area contributed by atoms with Crippen LogP contribution in [0.4, 0.5) is 4.39 Å². The van der Waals surface area contributed by atoms with Crippen molar-refractivity contribution >= 4 is 10.2 Å². The number of piperidine rings is 1. The topological polar surface area (TPSA) is 49.9 Å². The van der Waals surface area contributed by atoms with E-state index in [2.05, 4.69) is 0 Å². The van der Waals surface area contributed by atoms with Crippen LogP contribution in [-0.4, -0.2) is 50.8 Å². The van der Waals surface area contributed by atoms with Gasteiger partial charge in [0, 0.05) is 33.1 Å². The second-order valence-electron chi connectivity index (χ2n) is 5.40. The Bertz CT molecular complexity index is 577. The number of halogens is 1. The molecule has 0 radical (unpaired) electrons. The van der Waals surface area contributed by atoms with Crippen LogP contribution in [0, 0.1) is 11.7 Å². The Hall–Kier alpha value is -1.18. The van der Waals surface area contributed by atoms with Crippen molar-refractivity contribution in [3.05, 3.63) is 30.1 Å². The molecular formula is C14H21FN2O3S. The summed E-state index contributed by atoms with van der Waals surface area (Å²) in [5, 5.41) is 0. The van der Waals surface area contributed by atoms with Crippen LogP contribution in [0.2, 0.25) is 0 Å². The van der Waals surface area contributed by atoms with E-state index in [-0.39, 0.29) is 11.7 Å². The highest BCUT2D eigenvalue weighted by Gasteiger charge is 2.30. The molecule has 118 valence electrons. The summed E-state index contributed by atoms with van der Waals surface area (Å²) in [6.45, 7) is 1.26. The van der Waals surface area contributed by atoms with Crippen molar-refractivity contribution in [2.45, 2.75) is 12.8 Å². The zero-order valence-electron chi connectivity index (χ0n) is 12.3. The third-order valence-electron chi connectivity index (χ3n) is 3.58. The third-order valence-corrected chi connectivity index (χ3v) is 5.49. The largest absolute Gasteiger partial charge is 0.490 e. The molecule has 0 aliphatic carbocycles. The molecule has 5 nitrogen and oxygen atoms in total. The van der Waals surface area contributed by atoms with E-state index in [1.807, 2.05) is 0 Å². The van der Waals surface area contributed by atoms with Crippen molar-refractivity contribution in [3.63, 3.8) is 0 Å². The quantitative estimate of drug-likeness (QED) is 0.831. The zero-order valence-corrected chi connectivity index (χ0v) is 13.1. The molecule has 1 aromatic carbocycles. The van der Waals surface area contributed by atoms with Crippen molar-refractivity contribution in [3.8, 4) is 5.75 Å². The molecule has 0 N–H and O–H groups in total. The Kier molecular flexibility index (Phi) is 5.18. The molecule has 1 aliphatic heterocycles. The van der Waals surface area contributed by atoms with Gasteiger partial charge in [-0.3, -0.25) is 0 Å². The Morgan fingerprint density at radius 2 is 2.10 bits per heavy atom. The Morgan fingerprint density at radius 1 is 1.38 bits per heavy atom. The van der Waals surface area contributed by atoms with E-state index >= 15 is 0 Å². The maximum absolute atomic E-state index is 13.5. The van der Waals surface area contributed by atoms with E-state index in [4.69, 9.17) is 4.74 Å². The van der Waals surface area contributed by atoms with Gasteiger partial charge in [0.15, 0.2) is 11.6 Å². The Balaban J connectivity index is 1.95. The van der Waals surface area contributed by atoms with Gasteiger partial charge >= 0.3 is 0 Å². The summed E-state index contributed by atoms with van der Waals surface area (Å²) in [6, 6.07) is 6.24. The number of ether oxygens (including phenoxy) is 1. The average Bonchev–Trinajstić information content (AvgIpc) is 2.46. The van der Waals surface area contributed by atoms with Crippen molar-refractivity contribution < 1.29 is 17.5 Å². The molecular weight excluding hydrogens is 295 g/mol. The van der Waals surface area contributed by atoms with Crippen LogP contribution < -0.4 is 4.74 Å². The number of hydrogen-bond acceptors (Lipinski definition) is 3. The van der Waals surface area contributed by atoms with Crippen LogP contribution in [0.5, 0.6) is 5.75 Å². The van der Waals surface area contributed by atoms with E-state index in [0.717, 1.165) is 12.8 Å². The Labute approximate surface area is 125 Å². The van der Waals surface area contributed by atoms with E-state index in [9.17, 15) is 12.8 Å². The molecule has 1 unspecified atom stereocenters. The summed E-state index contributed by atoms with van der Waals surface area (Å²) < 4.78 is 45.9. The van der Waals surface area contributed by atoms with Gasteiger partial charge in [-0.05, 0) is 25.0 Å². The summed E-state index contributed by atoms with van der Waals surface area (Å²) in [7, 11) is -0.342. The smallest absolute Gasteiger partial charge is 0.281 e. The fraction of sp³-hybridized carbons (Fsp3) is 0.571. The Morgan fingerprint density at radius 3 is 2.76 bits per heavy atom. The monoisotopic (exact) mass is 316 g/mol. The standard InChI is InChI=1S/C14H21FN2O3S/c1-16(2)21(18,19)17-9-5-6-12(10-17)11-20-14-8-4-3-7-13(14)15/h3-4,7-8,12H,5-6,9-11H2,1-2H3. The molecule has 0 saturated carbocycles. The lowest BCUT2D eigenvalue weighted by atomic mass is 10.0. The summed E-state index contributed by atoms with van der Waals surface area (Å²) >= 11 is 0. The minimum Gasteiger partial charge on any atom is -0.490 e. The van der Waals surface area contributed by atoms with Gasteiger partial charge in [-0.25, -0.2) is 4.39 Å². The molecule has 2 rings (SSSR count). The van der Waals surface area contributed by atoms with Crippen LogP contribution in [0.1, 0.15) is 12.8 Å². The fourth-order valence-electron chi connectivity index (χ4n) is 2.37. The van der Waals surface area contributed by atoms with Gasteiger partial charge < -0.3 is 4.74 Å². The first-order valence-corrected chi connectivity index (χ1v) is 8.36. The van der Waals surface area contributed by atoms with Crippen molar-refractivity contribution in [1.82, 2.24) is 8.61 Å². The highest BCUT2D eigenvalue weighted by atomic mass is 32.2. The lowest BCUT2D eigenvalue weighted by Crippen LogP contribution is -2.46. The van der Waals surface area contributed by atoms with Gasteiger partial charge in [-0.1, -0.05) is 12.1 Å². The van der Waals surface area contributed by atoms with Crippen LogP contribution in [0.15, 0.2) is 24.3 Å². The minimum absolute atomic E-state index is 0.0769. The second kappa shape index (κ2) is 6.72. The first-order valence-electron chi connectivity index (χ1n) is 6.96. The number of nitrogens with zero attached hydrogens (tertiary/aromatic N) is 2. The number of para-hydroxylation sites is 1. The highest BCUT2D eigenvalue weighted by molar-refractivity contribution is 7.86. The van der Waals surface area contributed by atoms with Crippen LogP contribution in [-0.2, 0) is 10.2 Å². The first-order chi connectivity index (χ1) is 9.91. The molecule has 21 heavy (non-hydrogen) atoms. The number of hydrogen-bond donors (Lipinski definition) is 0. The maximum Gasteiger partial charge on any atom is 0.281 e.